The van der Waals surface area contributed by atoms with Gasteiger partial charge in [-0.15, -0.1) is 0 Å². The molecule has 0 aromatic heterocycles. The SMILES string of the molecule is CC/C=N/NC(C)=NC. The maximum Gasteiger partial charge on any atom is 0.113 e. The van der Waals surface area contributed by atoms with Crippen LogP contribution < -0.4 is 5.43 Å². The predicted molar refractivity (Wildman–Crippen MR) is 41.0 cm³/mol. The van der Waals surface area contributed by atoms with E-state index in [-0.39, 0.29) is 0 Å². The summed E-state index contributed by atoms with van der Waals surface area (Å²) in [5, 5.41) is 3.85. The fourth-order valence-corrected chi connectivity index (χ4v) is 0.280. The molecule has 0 spiro atoms. The van der Waals surface area contributed by atoms with Crippen molar-refractivity contribution in [3.05, 3.63) is 0 Å². The van der Waals surface area contributed by atoms with E-state index in [1.165, 1.54) is 0 Å². The highest BCUT2D eigenvalue weighted by molar-refractivity contribution is 5.79. The minimum Gasteiger partial charge on any atom is -0.275 e. The largest absolute Gasteiger partial charge is 0.275 e. The lowest BCUT2D eigenvalue weighted by molar-refractivity contribution is 1.01. The summed E-state index contributed by atoms with van der Waals surface area (Å²) in [6.07, 6.45) is 2.75. The molecule has 1 N–H and O–H groups in total. The van der Waals surface area contributed by atoms with E-state index in [1.807, 2.05) is 13.8 Å². The summed E-state index contributed by atoms with van der Waals surface area (Å²) in [6.45, 7) is 3.90. The van der Waals surface area contributed by atoms with Crippen molar-refractivity contribution in [1.29, 1.82) is 0 Å². The summed E-state index contributed by atoms with van der Waals surface area (Å²) in [5.74, 6) is 0.833. The van der Waals surface area contributed by atoms with E-state index in [4.69, 9.17) is 0 Å². The maximum absolute atomic E-state index is 3.85. The van der Waals surface area contributed by atoms with Crippen molar-refractivity contribution in [2.75, 3.05) is 7.05 Å². The summed E-state index contributed by atoms with van der Waals surface area (Å²) in [6, 6.07) is 0. The zero-order valence-electron chi connectivity index (χ0n) is 6.18. The van der Waals surface area contributed by atoms with Gasteiger partial charge in [-0.2, -0.15) is 5.10 Å². The van der Waals surface area contributed by atoms with E-state index >= 15 is 0 Å². The molecule has 52 valence electrons. The lowest BCUT2D eigenvalue weighted by Gasteiger charge is -1.93. The molecule has 0 aromatic carbocycles. The molecule has 0 aliphatic rings. The molecule has 0 aliphatic heterocycles. The van der Waals surface area contributed by atoms with Gasteiger partial charge in [0, 0.05) is 13.3 Å². The molecular formula is C6H13N3. The Morgan fingerprint density at radius 2 is 2.33 bits per heavy atom. The summed E-state index contributed by atoms with van der Waals surface area (Å²) in [7, 11) is 1.73. The second kappa shape index (κ2) is 5.28. The van der Waals surface area contributed by atoms with E-state index in [0.717, 1.165) is 12.3 Å². The van der Waals surface area contributed by atoms with Gasteiger partial charge in [0.25, 0.3) is 0 Å². The van der Waals surface area contributed by atoms with Gasteiger partial charge in [-0.25, -0.2) is 0 Å². The number of aliphatic imine (C=N–C) groups is 1. The second-order valence-electron chi connectivity index (χ2n) is 1.64. The van der Waals surface area contributed by atoms with E-state index < -0.39 is 0 Å². The lowest BCUT2D eigenvalue weighted by atomic mass is 10.6. The Bertz CT molecular complexity index is 115. The summed E-state index contributed by atoms with van der Waals surface area (Å²) in [4.78, 5) is 3.85. The third-order valence-corrected chi connectivity index (χ3v) is 0.836. The van der Waals surface area contributed by atoms with Crippen LogP contribution in [0.25, 0.3) is 0 Å². The molecule has 0 aromatic rings. The third-order valence-electron chi connectivity index (χ3n) is 0.836. The smallest absolute Gasteiger partial charge is 0.113 e. The molecule has 0 unspecified atom stereocenters. The summed E-state index contributed by atoms with van der Waals surface area (Å²) in [5.41, 5.74) is 2.75. The molecule has 3 heteroatoms. The number of hydrogen-bond donors (Lipinski definition) is 1. The zero-order chi connectivity index (χ0) is 7.11. The molecule has 3 nitrogen and oxygen atoms in total. The molecule has 0 saturated carbocycles. The van der Waals surface area contributed by atoms with Gasteiger partial charge < -0.3 is 0 Å². The first-order chi connectivity index (χ1) is 4.31. The van der Waals surface area contributed by atoms with Gasteiger partial charge in [-0.1, -0.05) is 6.92 Å². The number of hydrazone groups is 1. The van der Waals surface area contributed by atoms with Gasteiger partial charge in [-0.3, -0.25) is 10.4 Å². The van der Waals surface area contributed by atoms with E-state index in [1.54, 1.807) is 13.3 Å². The van der Waals surface area contributed by atoms with Crippen LogP contribution in [0.5, 0.6) is 0 Å². The van der Waals surface area contributed by atoms with Crippen LogP contribution in [0.15, 0.2) is 10.1 Å². The number of rotatable bonds is 2. The topological polar surface area (TPSA) is 36.8 Å². The van der Waals surface area contributed by atoms with E-state index in [0.29, 0.717) is 0 Å². The Kier molecular flexibility index (Phi) is 4.78. The molecule has 0 heterocycles. The highest BCUT2D eigenvalue weighted by atomic mass is 15.3. The van der Waals surface area contributed by atoms with Crippen molar-refractivity contribution in [2.45, 2.75) is 20.3 Å². The van der Waals surface area contributed by atoms with E-state index in [9.17, 15) is 0 Å². The Labute approximate surface area is 55.9 Å². The minimum atomic E-state index is 0.833. The number of amidine groups is 1. The predicted octanol–water partition coefficient (Wildman–Crippen LogP) is 1.02. The molecule has 0 rings (SSSR count). The lowest BCUT2D eigenvalue weighted by Crippen LogP contribution is -2.12. The molecule has 0 saturated heterocycles. The number of nitrogens with one attached hydrogen (secondary N) is 1. The Hall–Kier alpha value is -0.860. The molecule has 0 amide bonds. The maximum atomic E-state index is 3.85. The molecule has 0 radical (unpaired) electrons. The van der Waals surface area contributed by atoms with Crippen molar-refractivity contribution in [3.8, 4) is 0 Å². The van der Waals surface area contributed by atoms with Crippen LogP contribution in [0.4, 0.5) is 0 Å². The normalized spacial score (nSPS) is 12.6. The molecule has 9 heavy (non-hydrogen) atoms. The standard InChI is InChI=1S/C6H13N3/c1-4-5-8-9-6(2)7-3/h5H,4H2,1-3H3,(H,7,9)/b8-5+. The monoisotopic (exact) mass is 127 g/mol. The van der Waals surface area contributed by atoms with Crippen LogP contribution in [-0.4, -0.2) is 19.1 Å². The first kappa shape index (κ1) is 8.14. The highest BCUT2D eigenvalue weighted by Gasteiger charge is 1.77. The highest BCUT2D eigenvalue weighted by Crippen LogP contribution is 1.69. The molecule has 0 aliphatic carbocycles. The number of nitrogens with zero attached hydrogens (tertiary/aromatic N) is 2. The van der Waals surface area contributed by atoms with Gasteiger partial charge in [0.1, 0.15) is 5.84 Å². The molecule has 0 bridgehead atoms. The summed E-state index contributed by atoms with van der Waals surface area (Å²) >= 11 is 0. The van der Waals surface area contributed by atoms with Crippen LogP contribution in [0, 0.1) is 0 Å². The average molecular weight is 127 g/mol. The third kappa shape index (κ3) is 5.00. The van der Waals surface area contributed by atoms with Crippen molar-refractivity contribution >= 4 is 12.1 Å². The van der Waals surface area contributed by atoms with Crippen molar-refractivity contribution in [3.63, 3.8) is 0 Å². The number of hydrogen-bond acceptors (Lipinski definition) is 2. The van der Waals surface area contributed by atoms with Crippen molar-refractivity contribution in [2.24, 2.45) is 10.1 Å². The van der Waals surface area contributed by atoms with Gasteiger partial charge in [0.15, 0.2) is 0 Å². The molecule has 0 fully saturated rings. The Morgan fingerprint density at radius 3 is 2.78 bits per heavy atom. The summed E-state index contributed by atoms with van der Waals surface area (Å²) < 4.78 is 0. The van der Waals surface area contributed by atoms with Crippen LogP contribution >= 0.6 is 0 Å². The Morgan fingerprint density at radius 1 is 1.67 bits per heavy atom. The minimum absolute atomic E-state index is 0.833. The second-order valence-corrected chi connectivity index (χ2v) is 1.64. The van der Waals surface area contributed by atoms with Gasteiger partial charge in [-0.05, 0) is 13.3 Å². The van der Waals surface area contributed by atoms with Gasteiger partial charge >= 0.3 is 0 Å². The van der Waals surface area contributed by atoms with Crippen LogP contribution in [0.3, 0.4) is 0 Å². The Balaban J connectivity index is 3.38. The van der Waals surface area contributed by atoms with Crippen molar-refractivity contribution in [1.82, 2.24) is 5.43 Å². The molecular weight excluding hydrogens is 114 g/mol. The van der Waals surface area contributed by atoms with Crippen LogP contribution in [0.1, 0.15) is 20.3 Å². The van der Waals surface area contributed by atoms with Crippen molar-refractivity contribution < 1.29 is 0 Å². The first-order valence-electron chi connectivity index (χ1n) is 3.02. The van der Waals surface area contributed by atoms with E-state index in [2.05, 4.69) is 15.5 Å². The van der Waals surface area contributed by atoms with Crippen LogP contribution in [-0.2, 0) is 0 Å². The zero-order valence-corrected chi connectivity index (χ0v) is 6.18. The average Bonchev–Trinajstić information content (AvgIpc) is 1.89. The van der Waals surface area contributed by atoms with Crippen LogP contribution in [0.2, 0.25) is 0 Å². The quantitative estimate of drug-likeness (QED) is 0.335. The van der Waals surface area contributed by atoms with Gasteiger partial charge in [0.05, 0.1) is 0 Å². The first-order valence-corrected chi connectivity index (χ1v) is 3.02. The molecule has 0 atom stereocenters. The fraction of sp³-hybridized carbons (Fsp3) is 0.667. The fourth-order valence-electron chi connectivity index (χ4n) is 0.280. The van der Waals surface area contributed by atoms with Gasteiger partial charge in [0.2, 0.25) is 0 Å².